The Morgan fingerprint density at radius 3 is 2.65 bits per heavy atom. The van der Waals surface area contributed by atoms with Crippen LogP contribution in [0.4, 0.5) is 8.78 Å². The van der Waals surface area contributed by atoms with E-state index in [4.69, 9.17) is 0 Å². The zero-order valence-electron chi connectivity index (χ0n) is 12.2. The minimum absolute atomic E-state index is 0.0428. The van der Waals surface area contributed by atoms with Crippen molar-refractivity contribution in [3.05, 3.63) is 35.4 Å². The summed E-state index contributed by atoms with van der Waals surface area (Å²) in [4.78, 5) is 11.6. The highest BCUT2D eigenvalue weighted by Crippen LogP contribution is 2.17. The zero-order chi connectivity index (χ0) is 15.1. The molecule has 2 N–H and O–H groups in total. The van der Waals surface area contributed by atoms with Crippen LogP contribution in [0.1, 0.15) is 45.2 Å². The monoisotopic (exact) mass is 284 g/mol. The molecule has 0 aromatic heterocycles. The van der Waals surface area contributed by atoms with Gasteiger partial charge in [0.1, 0.15) is 11.6 Å². The smallest absolute Gasteiger partial charge is 0.221 e. The van der Waals surface area contributed by atoms with E-state index < -0.39 is 11.6 Å². The van der Waals surface area contributed by atoms with E-state index in [1.54, 1.807) is 6.92 Å². The Balaban J connectivity index is 2.42. The van der Waals surface area contributed by atoms with Crippen LogP contribution in [0.5, 0.6) is 0 Å². The van der Waals surface area contributed by atoms with Gasteiger partial charge in [0, 0.05) is 30.6 Å². The molecule has 1 rings (SSSR count). The average Bonchev–Trinajstić information content (AvgIpc) is 2.41. The lowest BCUT2D eigenvalue weighted by atomic mass is 10.1. The fraction of sp³-hybridized carbons (Fsp3) is 0.533. The van der Waals surface area contributed by atoms with Crippen molar-refractivity contribution in [1.82, 2.24) is 10.6 Å². The van der Waals surface area contributed by atoms with Gasteiger partial charge in [-0.05, 0) is 38.5 Å². The Bertz CT molecular complexity index is 451. The number of nitrogens with one attached hydrogen (secondary N) is 2. The second-order valence-electron chi connectivity index (χ2n) is 4.97. The first kappa shape index (κ1) is 16.6. The molecule has 0 saturated heterocycles. The van der Waals surface area contributed by atoms with Gasteiger partial charge in [0.25, 0.3) is 0 Å². The van der Waals surface area contributed by atoms with Gasteiger partial charge in [0.15, 0.2) is 0 Å². The van der Waals surface area contributed by atoms with Crippen molar-refractivity contribution in [2.75, 3.05) is 6.54 Å². The SMILES string of the molecule is CCC(C)NC(=O)CCNC(C)c1cc(F)ccc1F. The lowest BCUT2D eigenvalue weighted by Crippen LogP contribution is -2.34. The van der Waals surface area contributed by atoms with Crippen LogP contribution in [0.15, 0.2) is 18.2 Å². The molecule has 0 radical (unpaired) electrons. The van der Waals surface area contributed by atoms with Crippen molar-refractivity contribution in [2.45, 2.75) is 45.7 Å². The Labute approximate surface area is 118 Å². The standard InChI is InChI=1S/C15H22F2N2O/c1-4-10(2)19-15(20)7-8-18-11(3)13-9-12(16)5-6-14(13)17/h5-6,9-11,18H,4,7-8H2,1-3H3,(H,19,20). The molecule has 1 aromatic rings. The van der Waals surface area contributed by atoms with E-state index in [1.165, 1.54) is 6.07 Å². The Kier molecular flexibility index (Phi) is 6.58. The molecule has 0 aliphatic rings. The Hall–Kier alpha value is -1.49. The van der Waals surface area contributed by atoms with Crippen molar-refractivity contribution < 1.29 is 13.6 Å². The summed E-state index contributed by atoms with van der Waals surface area (Å²) in [5, 5.41) is 5.87. The van der Waals surface area contributed by atoms with E-state index in [0.717, 1.165) is 18.6 Å². The molecular weight excluding hydrogens is 262 g/mol. The summed E-state index contributed by atoms with van der Waals surface area (Å²) in [5.41, 5.74) is 0.271. The second-order valence-corrected chi connectivity index (χ2v) is 4.97. The molecule has 1 amide bonds. The van der Waals surface area contributed by atoms with Crippen LogP contribution < -0.4 is 10.6 Å². The number of hydrogen-bond donors (Lipinski definition) is 2. The lowest BCUT2D eigenvalue weighted by Gasteiger charge is -2.16. The van der Waals surface area contributed by atoms with Gasteiger partial charge in [-0.25, -0.2) is 8.78 Å². The van der Waals surface area contributed by atoms with E-state index in [1.807, 2.05) is 13.8 Å². The predicted molar refractivity (Wildman–Crippen MR) is 75.3 cm³/mol. The number of amides is 1. The van der Waals surface area contributed by atoms with Crippen LogP contribution >= 0.6 is 0 Å². The first-order valence-electron chi connectivity index (χ1n) is 6.91. The fourth-order valence-corrected chi connectivity index (χ4v) is 1.81. The van der Waals surface area contributed by atoms with E-state index in [0.29, 0.717) is 13.0 Å². The van der Waals surface area contributed by atoms with Crippen LogP contribution in [0, 0.1) is 11.6 Å². The van der Waals surface area contributed by atoms with Crippen LogP contribution in [-0.2, 0) is 4.79 Å². The zero-order valence-corrected chi connectivity index (χ0v) is 12.2. The van der Waals surface area contributed by atoms with Gasteiger partial charge in [-0.1, -0.05) is 6.92 Å². The van der Waals surface area contributed by atoms with Crippen molar-refractivity contribution in [3.63, 3.8) is 0 Å². The summed E-state index contributed by atoms with van der Waals surface area (Å²) in [6.07, 6.45) is 1.19. The molecule has 0 heterocycles. The fourth-order valence-electron chi connectivity index (χ4n) is 1.81. The molecule has 0 aliphatic carbocycles. The summed E-state index contributed by atoms with van der Waals surface area (Å²) in [7, 11) is 0. The first-order valence-corrected chi connectivity index (χ1v) is 6.91. The normalized spacial score (nSPS) is 13.8. The third-order valence-electron chi connectivity index (χ3n) is 3.25. The Morgan fingerprint density at radius 1 is 1.30 bits per heavy atom. The molecule has 0 aliphatic heterocycles. The summed E-state index contributed by atoms with van der Waals surface area (Å²) in [5.74, 6) is -0.959. The number of carbonyl (C=O) groups is 1. The van der Waals surface area contributed by atoms with Crippen LogP contribution in [0.2, 0.25) is 0 Å². The van der Waals surface area contributed by atoms with Gasteiger partial charge < -0.3 is 10.6 Å². The number of hydrogen-bond acceptors (Lipinski definition) is 2. The lowest BCUT2D eigenvalue weighted by molar-refractivity contribution is -0.121. The molecule has 0 bridgehead atoms. The topological polar surface area (TPSA) is 41.1 Å². The maximum Gasteiger partial charge on any atom is 0.221 e. The van der Waals surface area contributed by atoms with Crippen LogP contribution in [-0.4, -0.2) is 18.5 Å². The molecule has 0 fully saturated rings. The number of benzene rings is 1. The van der Waals surface area contributed by atoms with E-state index in [2.05, 4.69) is 10.6 Å². The van der Waals surface area contributed by atoms with E-state index in [-0.39, 0.29) is 23.6 Å². The summed E-state index contributed by atoms with van der Waals surface area (Å²) in [6, 6.07) is 3.18. The summed E-state index contributed by atoms with van der Waals surface area (Å²) < 4.78 is 26.6. The third-order valence-corrected chi connectivity index (χ3v) is 3.25. The molecule has 2 unspecified atom stereocenters. The minimum atomic E-state index is -0.468. The maximum atomic E-state index is 13.5. The molecule has 3 nitrogen and oxygen atoms in total. The van der Waals surface area contributed by atoms with Gasteiger partial charge in [-0.2, -0.15) is 0 Å². The number of halogens is 2. The van der Waals surface area contributed by atoms with Gasteiger partial charge in [-0.3, -0.25) is 4.79 Å². The summed E-state index contributed by atoms with van der Waals surface area (Å²) >= 11 is 0. The van der Waals surface area contributed by atoms with Crippen LogP contribution in [0.3, 0.4) is 0 Å². The molecule has 2 atom stereocenters. The molecule has 20 heavy (non-hydrogen) atoms. The quantitative estimate of drug-likeness (QED) is 0.808. The molecule has 112 valence electrons. The molecule has 5 heteroatoms. The van der Waals surface area contributed by atoms with E-state index in [9.17, 15) is 13.6 Å². The highest BCUT2D eigenvalue weighted by Gasteiger charge is 2.12. The molecule has 1 aromatic carbocycles. The minimum Gasteiger partial charge on any atom is -0.354 e. The number of rotatable bonds is 7. The molecular formula is C15H22F2N2O. The van der Waals surface area contributed by atoms with E-state index >= 15 is 0 Å². The molecule has 0 saturated carbocycles. The molecule has 0 spiro atoms. The third kappa shape index (κ3) is 5.25. The van der Waals surface area contributed by atoms with Gasteiger partial charge in [-0.15, -0.1) is 0 Å². The second kappa shape index (κ2) is 7.94. The van der Waals surface area contributed by atoms with Crippen molar-refractivity contribution >= 4 is 5.91 Å². The Morgan fingerprint density at radius 2 is 2.00 bits per heavy atom. The van der Waals surface area contributed by atoms with Crippen molar-refractivity contribution in [1.29, 1.82) is 0 Å². The first-order chi connectivity index (χ1) is 9.43. The average molecular weight is 284 g/mol. The van der Waals surface area contributed by atoms with Gasteiger partial charge in [0.05, 0.1) is 0 Å². The highest BCUT2D eigenvalue weighted by atomic mass is 19.1. The highest BCUT2D eigenvalue weighted by molar-refractivity contribution is 5.76. The van der Waals surface area contributed by atoms with Crippen molar-refractivity contribution in [3.8, 4) is 0 Å². The van der Waals surface area contributed by atoms with Gasteiger partial charge in [0.2, 0.25) is 5.91 Å². The van der Waals surface area contributed by atoms with Crippen molar-refractivity contribution in [2.24, 2.45) is 0 Å². The number of carbonyl (C=O) groups excluding carboxylic acids is 1. The largest absolute Gasteiger partial charge is 0.354 e. The maximum absolute atomic E-state index is 13.5. The summed E-state index contributed by atoms with van der Waals surface area (Å²) in [6.45, 7) is 6.10. The van der Waals surface area contributed by atoms with Gasteiger partial charge >= 0.3 is 0 Å². The predicted octanol–water partition coefficient (Wildman–Crippen LogP) is 2.92. The van der Waals surface area contributed by atoms with Crippen LogP contribution in [0.25, 0.3) is 0 Å².